The van der Waals surface area contributed by atoms with Gasteiger partial charge in [-0.15, -0.1) is 11.3 Å². The first-order valence-corrected chi connectivity index (χ1v) is 8.96. The van der Waals surface area contributed by atoms with Gasteiger partial charge in [-0.25, -0.2) is 4.98 Å². The zero-order chi connectivity index (χ0) is 15.6. The van der Waals surface area contributed by atoms with Gasteiger partial charge < -0.3 is 5.32 Å². The molecule has 112 valence electrons. The molecule has 1 aromatic carbocycles. The van der Waals surface area contributed by atoms with E-state index in [1.807, 2.05) is 18.6 Å². The Morgan fingerprint density at radius 2 is 1.90 bits per heavy atom. The highest BCUT2D eigenvalue weighted by Crippen LogP contribution is 2.29. The number of nitrogens with zero attached hydrogens (tertiary/aromatic N) is 1. The zero-order valence-corrected chi connectivity index (χ0v) is 14.6. The van der Waals surface area contributed by atoms with Gasteiger partial charge in [-0.1, -0.05) is 6.07 Å². The van der Waals surface area contributed by atoms with Crippen LogP contribution in [0.1, 0.15) is 23.6 Å². The summed E-state index contributed by atoms with van der Waals surface area (Å²) in [6, 6.07) is 4.34. The minimum absolute atomic E-state index is 0.000193. The van der Waals surface area contributed by atoms with Crippen LogP contribution in [0.5, 0.6) is 0 Å². The average Bonchev–Trinajstić information content (AvgIpc) is 2.90. The topological polar surface area (TPSA) is 42.0 Å². The minimum Gasteiger partial charge on any atom is -0.301 e. The summed E-state index contributed by atoms with van der Waals surface area (Å²) in [4.78, 5) is 16.4. The van der Waals surface area contributed by atoms with E-state index in [0.29, 0.717) is 5.13 Å². The van der Waals surface area contributed by atoms with Gasteiger partial charge in [0.05, 0.1) is 10.9 Å². The van der Waals surface area contributed by atoms with E-state index in [0.717, 1.165) is 11.3 Å². The summed E-state index contributed by atoms with van der Waals surface area (Å²) < 4.78 is 0. The largest absolute Gasteiger partial charge is 0.301 e. The van der Waals surface area contributed by atoms with Crippen molar-refractivity contribution in [3.63, 3.8) is 0 Å². The fourth-order valence-electron chi connectivity index (χ4n) is 2.01. The molecule has 0 aliphatic rings. The van der Waals surface area contributed by atoms with Crippen LogP contribution < -0.4 is 5.32 Å². The van der Waals surface area contributed by atoms with Crippen LogP contribution in [-0.2, 0) is 4.79 Å². The van der Waals surface area contributed by atoms with Crippen molar-refractivity contribution in [1.29, 1.82) is 0 Å². The molecule has 0 bridgehead atoms. The summed E-state index contributed by atoms with van der Waals surface area (Å²) in [6.45, 7) is 8.20. The van der Waals surface area contributed by atoms with Crippen molar-refractivity contribution >= 4 is 34.1 Å². The van der Waals surface area contributed by atoms with Crippen molar-refractivity contribution in [3.05, 3.63) is 34.2 Å². The SMILES string of the molecule is CSC(C)C(=O)Nc1nc(-c2cc(C)c(C)cc2C)cs1. The van der Waals surface area contributed by atoms with Crippen LogP contribution in [0.25, 0.3) is 11.3 Å². The molecule has 0 aliphatic heterocycles. The van der Waals surface area contributed by atoms with Gasteiger partial charge in [-0.05, 0) is 56.7 Å². The Morgan fingerprint density at radius 1 is 1.24 bits per heavy atom. The highest BCUT2D eigenvalue weighted by atomic mass is 32.2. The van der Waals surface area contributed by atoms with E-state index in [1.54, 1.807) is 0 Å². The molecule has 0 radical (unpaired) electrons. The van der Waals surface area contributed by atoms with E-state index in [9.17, 15) is 4.79 Å². The number of carbonyl (C=O) groups excluding carboxylic acids is 1. The molecule has 1 N–H and O–H groups in total. The Morgan fingerprint density at radius 3 is 2.57 bits per heavy atom. The molecule has 1 heterocycles. The van der Waals surface area contributed by atoms with Crippen LogP contribution in [0.4, 0.5) is 5.13 Å². The number of thioether (sulfide) groups is 1. The molecule has 5 heteroatoms. The van der Waals surface area contributed by atoms with Crippen LogP contribution >= 0.6 is 23.1 Å². The Balaban J connectivity index is 2.24. The number of aryl methyl sites for hydroxylation is 3. The quantitative estimate of drug-likeness (QED) is 0.906. The fraction of sp³-hybridized carbons (Fsp3) is 0.375. The van der Waals surface area contributed by atoms with Gasteiger partial charge in [0.2, 0.25) is 5.91 Å². The second-order valence-electron chi connectivity index (χ2n) is 5.16. The number of hydrogen-bond donors (Lipinski definition) is 1. The second kappa shape index (κ2) is 6.62. The number of carbonyl (C=O) groups is 1. The fourth-order valence-corrected chi connectivity index (χ4v) is 2.99. The summed E-state index contributed by atoms with van der Waals surface area (Å²) in [5, 5.41) is 5.46. The number of aromatic nitrogens is 1. The molecule has 1 aromatic heterocycles. The maximum Gasteiger partial charge on any atom is 0.238 e. The number of rotatable bonds is 4. The first-order valence-electron chi connectivity index (χ1n) is 6.79. The van der Waals surface area contributed by atoms with Gasteiger partial charge in [-0.2, -0.15) is 11.8 Å². The molecule has 1 unspecified atom stereocenters. The highest BCUT2D eigenvalue weighted by Gasteiger charge is 2.14. The van der Waals surface area contributed by atoms with E-state index in [4.69, 9.17) is 0 Å². The predicted octanol–water partition coefficient (Wildman–Crippen LogP) is 4.43. The van der Waals surface area contributed by atoms with Crippen molar-refractivity contribution in [1.82, 2.24) is 4.98 Å². The molecule has 2 aromatic rings. The maximum atomic E-state index is 11.9. The Hall–Kier alpha value is -1.33. The molecular formula is C16H20N2OS2. The molecular weight excluding hydrogens is 300 g/mol. The summed E-state index contributed by atoms with van der Waals surface area (Å²) in [6.07, 6.45) is 1.93. The average molecular weight is 320 g/mol. The summed E-state index contributed by atoms with van der Waals surface area (Å²) in [7, 11) is 0. The van der Waals surface area contributed by atoms with Crippen molar-refractivity contribution in [3.8, 4) is 11.3 Å². The van der Waals surface area contributed by atoms with Gasteiger partial charge in [0.1, 0.15) is 0 Å². The van der Waals surface area contributed by atoms with E-state index in [-0.39, 0.29) is 11.2 Å². The summed E-state index contributed by atoms with van der Waals surface area (Å²) in [5.41, 5.74) is 5.80. The Labute approximate surface area is 134 Å². The normalized spacial score (nSPS) is 12.2. The van der Waals surface area contributed by atoms with E-state index in [1.165, 1.54) is 39.8 Å². The number of amides is 1. The Bertz CT molecular complexity index is 664. The number of benzene rings is 1. The summed E-state index contributed by atoms with van der Waals surface area (Å²) >= 11 is 2.99. The molecule has 0 saturated heterocycles. The molecule has 0 spiro atoms. The zero-order valence-electron chi connectivity index (χ0n) is 13.0. The number of nitrogens with one attached hydrogen (secondary N) is 1. The number of thiazole rings is 1. The van der Waals surface area contributed by atoms with Crippen LogP contribution in [0, 0.1) is 20.8 Å². The lowest BCUT2D eigenvalue weighted by Gasteiger charge is -2.08. The van der Waals surface area contributed by atoms with Crippen molar-refractivity contribution < 1.29 is 4.79 Å². The van der Waals surface area contributed by atoms with Crippen molar-refractivity contribution in [2.45, 2.75) is 32.9 Å². The molecule has 0 aliphatic carbocycles. The maximum absolute atomic E-state index is 11.9. The van der Waals surface area contributed by atoms with Crippen LogP contribution in [0.2, 0.25) is 0 Å². The first kappa shape index (κ1) is 16.0. The third-order valence-corrected chi connectivity index (χ3v) is 5.25. The lowest BCUT2D eigenvalue weighted by Crippen LogP contribution is -2.21. The number of anilines is 1. The third kappa shape index (κ3) is 3.66. The number of hydrogen-bond acceptors (Lipinski definition) is 4. The van der Waals surface area contributed by atoms with Gasteiger partial charge in [0, 0.05) is 10.9 Å². The van der Waals surface area contributed by atoms with E-state index < -0.39 is 0 Å². The first-order chi connectivity index (χ1) is 9.92. The third-order valence-electron chi connectivity index (χ3n) is 3.57. The molecule has 0 fully saturated rings. The molecule has 1 amide bonds. The van der Waals surface area contributed by atoms with E-state index >= 15 is 0 Å². The van der Waals surface area contributed by atoms with Gasteiger partial charge in [0.25, 0.3) is 0 Å². The smallest absolute Gasteiger partial charge is 0.238 e. The lowest BCUT2D eigenvalue weighted by molar-refractivity contribution is -0.115. The predicted molar refractivity (Wildman–Crippen MR) is 93.4 cm³/mol. The second-order valence-corrected chi connectivity index (χ2v) is 7.19. The van der Waals surface area contributed by atoms with Crippen LogP contribution in [0.3, 0.4) is 0 Å². The molecule has 1 atom stereocenters. The standard InChI is InChI=1S/C16H20N2OS2/c1-9-6-11(3)13(7-10(9)2)14-8-21-16(17-14)18-15(19)12(4)20-5/h6-8,12H,1-5H3,(H,17,18,19). The molecule has 3 nitrogen and oxygen atoms in total. The van der Waals surface area contributed by atoms with Crippen LogP contribution in [-0.4, -0.2) is 22.4 Å². The van der Waals surface area contributed by atoms with Gasteiger partial charge in [0.15, 0.2) is 5.13 Å². The molecule has 0 saturated carbocycles. The van der Waals surface area contributed by atoms with Gasteiger partial charge in [-0.3, -0.25) is 4.79 Å². The van der Waals surface area contributed by atoms with Crippen LogP contribution in [0.15, 0.2) is 17.5 Å². The van der Waals surface area contributed by atoms with Crippen molar-refractivity contribution in [2.24, 2.45) is 0 Å². The minimum atomic E-state index is -0.0688. The van der Waals surface area contributed by atoms with E-state index in [2.05, 4.69) is 43.2 Å². The monoisotopic (exact) mass is 320 g/mol. The molecule has 2 rings (SSSR count). The summed E-state index contributed by atoms with van der Waals surface area (Å²) in [5.74, 6) is 0.000193. The van der Waals surface area contributed by atoms with Crippen molar-refractivity contribution in [2.75, 3.05) is 11.6 Å². The lowest BCUT2D eigenvalue weighted by atomic mass is 9.99. The Kier molecular flexibility index (Phi) is 5.06. The highest BCUT2D eigenvalue weighted by molar-refractivity contribution is 7.99. The van der Waals surface area contributed by atoms with Gasteiger partial charge >= 0.3 is 0 Å². The molecule has 21 heavy (non-hydrogen) atoms.